The number of rotatable bonds is 6. The molecule has 0 aliphatic rings. The van der Waals surface area contributed by atoms with Crippen molar-refractivity contribution < 1.29 is 14.3 Å². The van der Waals surface area contributed by atoms with Gasteiger partial charge in [-0.05, 0) is 26.0 Å². The van der Waals surface area contributed by atoms with E-state index in [-0.39, 0.29) is 12.6 Å². The molecule has 100 valence electrons. The Labute approximate surface area is 107 Å². The molecular weight excluding hydrogens is 232 g/mol. The second-order valence-electron chi connectivity index (χ2n) is 3.83. The minimum Gasteiger partial charge on any atom is -0.482 e. The van der Waals surface area contributed by atoms with Crippen molar-refractivity contribution in [3.63, 3.8) is 0 Å². The zero-order chi connectivity index (χ0) is 13.5. The number of anilines is 2. The summed E-state index contributed by atoms with van der Waals surface area (Å²) >= 11 is 0. The SMILES string of the molecule is CCOC(=O)COc1ccc(N(C)CC)c(N)c1. The third-order valence-electron chi connectivity index (χ3n) is 2.55. The third-order valence-corrected chi connectivity index (χ3v) is 2.55. The van der Waals surface area contributed by atoms with Crippen LogP contribution in [0.3, 0.4) is 0 Å². The molecule has 0 atom stereocenters. The standard InChI is InChI=1S/C13H20N2O3/c1-4-15(3)12-7-6-10(8-11(12)14)18-9-13(16)17-5-2/h6-8H,4-5,9,14H2,1-3H3. The van der Waals surface area contributed by atoms with Gasteiger partial charge in [0, 0.05) is 19.7 Å². The molecule has 2 N–H and O–H groups in total. The van der Waals surface area contributed by atoms with Gasteiger partial charge in [0.05, 0.1) is 18.0 Å². The molecule has 0 unspecified atom stereocenters. The number of hydrogen-bond acceptors (Lipinski definition) is 5. The monoisotopic (exact) mass is 252 g/mol. The summed E-state index contributed by atoms with van der Waals surface area (Å²) in [7, 11) is 1.96. The van der Waals surface area contributed by atoms with E-state index in [0.29, 0.717) is 18.0 Å². The highest BCUT2D eigenvalue weighted by Crippen LogP contribution is 2.26. The van der Waals surface area contributed by atoms with E-state index in [1.165, 1.54) is 0 Å². The van der Waals surface area contributed by atoms with Gasteiger partial charge in [0.2, 0.25) is 0 Å². The number of benzene rings is 1. The van der Waals surface area contributed by atoms with Gasteiger partial charge in [-0.25, -0.2) is 4.79 Å². The molecular formula is C13H20N2O3. The number of esters is 1. The van der Waals surface area contributed by atoms with Gasteiger partial charge in [0.1, 0.15) is 5.75 Å². The minimum absolute atomic E-state index is 0.101. The van der Waals surface area contributed by atoms with Gasteiger partial charge in [0.15, 0.2) is 6.61 Å². The Bertz CT molecular complexity index is 407. The maximum atomic E-state index is 11.1. The molecule has 0 bridgehead atoms. The Kier molecular flexibility index (Phi) is 5.30. The zero-order valence-corrected chi connectivity index (χ0v) is 11.1. The van der Waals surface area contributed by atoms with Gasteiger partial charge in [-0.2, -0.15) is 0 Å². The summed E-state index contributed by atoms with van der Waals surface area (Å²) in [5.41, 5.74) is 7.50. The molecule has 1 rings (SSSR count). The lowest BCUT2D eigenvalue weighted by Gasteiger charge is -2.19. The van der Waals surface area contributed by atoms with Gasteiger partial charge in [0.25, 0.3) is 0 Å². The van der Waals surface area contributed by atoms with Gasteiger partial charge >= 0.3 is 5.97 Å². The Morgan fingerprint density at radius 2 is 2.11 bits per heavy atom. The normalized spacial score (nSPS) is 9.94. The fourth-order valence-electron chi connectivity index (χ4n) is 1.49. The average molecular weight is 252 g/mol. The van der Waals surface area contributed by atoms with Gasteiger partial charge < -0.3 is 20.1 Å². The van der Waals surface area contributed by atoms with E-state index in [1.54, 1.807) is 19.1 Å². The number of nitrogen functional groups attached to an aromatic ring is 1. The first-order valence-corrected chi connectivity index (χ1v) is 5.97. The Balaban J connectivity index is 2.64. The predicted octanol–water partition coefficient (Wildman–Crippen LogP) is 1.67. The molecule has 0 heterocycles. The van der Waals surface area contributed by atoms with Crippen LogP contribution in [0.5, 0.6) is 5.75 Å². The molecule has 0 aliphatic carbocycles. The first kappa shape index (κ1) is 14.2. The maximum absolute atomic E-state index is 11.1. The minimum atomic E-state index is -0.383. The van der Waals surface area contributed by atoms with E-state index in [9.17, 15) is 4.79 Å². The van der Waals surface area contributed by atoms with Crippen LogP contribution in [0.2, 0.25) is 0 Å². The van der Waals surface area contributed by atoms with Crippen LogP contribution in [-0.2, 0) is 9.53 Å². The summed E-state index contributed by atoms with van der Waals surface area (Å²) in [6.45, 7) is 4.92. The molecule has 0 aliphatic heterocycles. The number of nitrogens with zero attached hydrogens (tertiary/aromatic N) is 1. The van der Waals surface area contributed by atoms with Crippen LogP contribution in [0, 0.1) is 0 Å². The van der Waals surface area contributed by atoms with Crippen molar-refractivity contribution in [2.24, 2.45) is 0 Å². The van der Waals surface area contributed by atoms with E-state index < -0.39 is 0 Å². The number of nitrogens with two attached hydrogens (primary N) is 1. The maximum Gasteiger partial charge on any atom is 0.344 e. The number of carbonyl (C=O) groups is 1. The van der Waals surface area contributed by atoms with Gasteiger partial charge in [-0.1, -0.05) is 0 Å². The smallest absolute Gasteiger partial charge is 0.344 e. The molecule has 0 amide bonds. The molecule has 0 spiro atoms. The molecule has 1 aromatic rings. The second-order valence-corrected chi connectivity index (χ2v) is 3.83. The van der Waals surface area contributed by atoms with Gasteiger partial charge in [-0.3, -0.25) is 0 Å². The van der Waals surface area contributed by atoms with Crippen LogP contribution < -0.4 is 15.4 Å². The fourth-order valence-corrected chi connectivity index (χ4v) is 1.49. The lowest BCUT2D eigenvalue weighted by molar-refractivity contribution is -0.145. The third kappa shape index (κ3) is 3.84. The quantitative estimate of drug-likeness (QED) is 0.616. The predicted molar refractivity (Wildman–Crippen MR) is 71.9 cm³/mol. The summed E-state index contributed by atoms with van der Waals surface area (Å²) in [4.78, 5) is 13.2. The molecule has 0 saturated carbocycles. The van der Waals surface area contributed by atoms with Crippen LogP contribution in [0.1, 0.15) is 13.8 Å². The first-order valence-electron chi connectivity index (χ1n) is 5.97. The number of ether oxygens (including phenoxy) is 2. The Hall–Kier alpha value is -1.91. The van der Waals surface area contributed by atoms with Crippen molar-refractivity contribution in [1.82, 2.24) is 0 Å². The van der Waals surface area contributed by atoms with E-state index in [2.05, 4.69) is 0 Å². The van der Waals surface area contributed by atoms with Crippen LogP contribution in [0.15, 0.2) is 18.2 Å². The highest BCUT2D eigenvalue weighted by atomic mass is 16.6. The topological polar surface area (TPSA) is 64.8 Å². The van der Waals surface area contributed by atoms with Crippen LogP contribution >= 0.6 is 0 Å². The number of carbonyl (C=O) groups excluding carboxylic acids is 1. The highest BCUT2D eigenvalue weighted by molar-refractivity contribution is 5.72. The lowest BCUT2D eigenvalue weighted by Crippen LogP contribution is -2.17. The van der Waals surface area contributed by atoms with Crippen LogP contribution in [0.4, 0.5) is 11.4 Å². The summed E-state index contributed by atoms with van der Waals surface area (Å²) in [5, 5.41) is 0. The van der Waals surface area contributed by atoms with Crippen molar-refractivity contribution in [2.45, 2.75) is 13.8 Å². The Morgan fingerprint density at radius 1 is 1.39 bits per heavy atom. The summed E-state index contributed by atoms with van der Waals surface area (Å²) in [6, 6.07) is 5.37. The fraction of sp³-hybridized carbons (Fsp3) is 0.462. The van der Waals surface area contributed by atoms with Crippen molar-refractivity contribution in [2.75, 3.05) is 37.4 Å². The van der Waals surface area contributed by atoms with E-state index >= 15 is 0 Å². The lowest BCUT2D eigenvalue weighted by atomic mass is 10.2. The molecule has 1 aromatic carbocycles. The molecule has 0 aromatic heterocycles. The zero-order valence-electron chi connectivity index (χ0n) is 11.1. The molecule has 5 heteroatoms. The van der Waals surface area contributed by atoms with Crippen molar-refractivity contribution >= 4 is 17.3 Å². The van der Waals surface area contributed by atoms with Crippen LogP contribution in [0.25, 0.3) is 0 Å². The first-order chi connectivity index (χ1) is 8.58. The summed E-state index contributed by atoms with van der Waals surface area (Å²) in [6.07, 6.45) is 0. The van der Waals surface area contributed by atoms with E-state index in [1.807, 2.05) is 24.9 Å². The Morgan fingerprint density at radius 3 is 2.67 bits per heavy atom. The van der Waals surface area contributed by atoms with Crippen molar-refractivity contribution in [3.05, 3.63) is 18.2 Å². The van der Waals surface area contributed by atoms with Crippen molar-refractivity contribution in [1.29, 1.82) is 0 Å². The van der Waals surface area contributed by atoms with Gasteiger partial charge in [-0.15, -0.1) is 0 Å². The summed E-state index contributed by atoms with van der Waals surface area (Å²) in [5.74, 6) is 0.180. The van der Waals surface area contributed by atoms with Crippen molar-refractivity contribution in [3.8, 4) is 5.75 Å². The molecule has 0 saturated heterocycles. The molecule has 0 radical (unpaired) electrons. The molecule has 5 nitrogen and oxygen atoms in total. The van der Waals surface area contributed by atoms with Crippen LogP contribution in [-0.4, -0.2) is 32.8 Å². The van der Waals surface area contributed by atoms with E-state index in [0.717, 1.165) is 12.2 Å². The molecule has 0 fully saturated rings. The highest BCUT2D eigenvalue weighted by Gasteiger charge is 2.07. The number of hydrogen-bond donors (Lipinski definition) is 1. The van der Waals surface area contributed by atoms with E-state index in [4.69, 9.17) is 15.2 Å². The second kappa shape index (κ2) is 6.74. The largest absolute Gasteiger partial charge is 0.482 e. The molecule has 18 heavy (non-hydrogen) atoms. The average Bonchev–Trinajstić information content (AvgIpc) is 2.36. The summed E-state index contributed by atoms with van der Waals surface area (Å²) < 4.78 is 10.1.